The van der Waals surface area contributed by atoms with Gasteiger partial charge in [-0.25, -0.2) is 13.2 Å². The van der Waals surface area contributed by atoms with E-state index in [0.29, 0.717) is 5.76 Å². The van der Waals surface area contributed by atoms with Gasteiger partial charge in [0.2, 0.25) is 10.0 Å². The Balaban J connectivity index is 2.24. The van der Waals surface area contributed by atoms with E-state index in [-0.39, 0.29) is 22.7 Å². The fraction of sp³-hybridized carbons (Fsp3) is 0.167. The Morgan fingerprint density at radius 1 is 1.38 bits per heavy atom. The molecule has 1 aromatic carbocycles. The lowest BCUT2D eigenvalue weighted by molar-refractivity contribution is 0.0697. The highest BCUT2D eigenvalue weighted by Crippen LogP contribution is 2.26. The van der Waals surface area contributed by atoms with Gasteiger partial charge in [0.25, 0.3) is 0 Å². The summed E-state index contributed by atoms with van der Waals surface area (Å²) < 4.78 is 30.8. The van der Waals surface area contributed by atoms with Gasteiger partial charge in [0.1, 0.15) is 23.0 Å². The van der Waals surface area contributed by atoms with Crippen LogP contribution in [0, 0.1) is 6.92 Å². The van der Waals surface area contributed by atoms with Gasteiger partial charge in [-0.15, -0.1) is 0 Å². The maximum atomic E-state index is 12.0. The Morgan fingerprint density at radius 2 is 2.10 bits per heavy atom. The predicted octanol–water partition coefficient (Wildman–Crippen LogP) is 1.33. The molecule has 0 amide bonds. The quantitative estimate of drug-likeness (QED) is 0.710. The topological polar surface area (TPSA) is 130 Å². The number of phenols is 1. The summed E-state index contributed by atoms with van der Waals surface area (Å²) in [7, 11) is -3.86. The SMILES string of the molecule is Cc1cc(CS(=O)(=O)Nc2cc(C(=O)O)ccc2O)no1. The van der Waals surface area contributed by atoms with E-state index < -0.39 is 21.7 Å². The molecule has 0 bridgehead atoms. The molecule has 0 aliphatic heterocycles. The molecular formula is C12H12N2O6S. The highest BCUT2D eigenvalue weighted by Gasteiger charge is 2.17. The van der Waals surface area contributed by atoms with Crippen LogP contribution < -0.4 is 4.72 Å². The van der Waals surface area contributed by atoms with Crippen LogP contribution in [0.3, 0.4) is 0 Å². The first-order valence-corrected chi connectivity index (χ1v) is 7.41. The number of nitrogens with zero attached hydrogens (tertiary/aromatic N) is 1. The summed E-state index contributed by atoms with van der Waals surface area (Å²) >= 11 is 0. The van der Waals surface area contributed by atoms with E-state index in [1.807, 2.05) is 0 Å². The molecule has 0 atom stereocenters. The zero-order valence-corrected chi connectivity index (χ0v) is 11.7. The van der Waals surface area contributed by atoms with E-state index in [1.165, 1.54) is 6.07 Å². The fourth-order valence-corrected chi connectivity index (χ4v) is 2.73. The van der Waals surface area contributed by atoms with Crippen molar-refractivity contribution in [2.75, 3.05) is 4.72 Å². The van der Waals surface area contributed by atoms with Crippen LogP contribution >= 0.6 is 0 Å². The smallest absolute Gasteiger partial charge is 0.335 e. The van der Waals surface area contributed by atoms with E-state index in [1.54, 1.807) is 6.92 Å². The Hall–Kier alpha value is -2.55. The zero-order chi connectivity index (χ0) is 15.6. The molecule has 0 saturated carbocycles. The second-order valence-corrected chi connectivity index (χ2v) is 6.05. The number of anilines is 1. The van der Waals surface area contributed by atoms with Crippen LogP contribution in [0.25, 0.3) is 0 Å². The zero-order valence-electron chi connectivity index (χ0n) is 10.9. The number of sulfonamides is 1. The van der Waals surface area contributed by atoms with Gasteiger partial charge in [0.15, 0.2) is 0 Å². The number of rotatable bonds is 5. The Labute approximate surface area is 120 Å². The molecule has 0 saturated heterocycles. The summed E-state index contributed by atoms with van der Waals surface area (Å²) in [5, 5.41) is 22.0. The van der Waals surface area contributed by atoms with Crippen molar-refractivity contribution in [2.24, 2.45) is 0 Å². The van der Waals surface area contributed by atoms with Crippen LogP contribution in [0.5, 0.6) is 5.75 Å². The number of carboxylic acids is 1. The van der Waals surface area contributed by atoms with E-state index in [0.717, 1.165) is 18.2 Å². The number of carbonyl (C=O) groups is 1. The minimum absolute atomic E-state index is 0.150. The number of benzene rings is 1. The average Bonchev–Trinajstić information content (AvgIpc) is 2.76. The molecule has 0 unspecified atom stereocenters. The largest absolute Gasteiger partial charge is 0.506 e. The van der Waals surface area contributed by atoms with Crippen molar-refractivity contribution in [3.8, 4) is 5.75 Å². The summed E-state index contributed by atoms with van der Waals surface area (Å²) in [5.74, 6) is -1.60. The normalized spacial score (nSPS) is 11.3. The van der Waals surface area contributed by atoms with Gasteiger partial charge in [0.05, 0.1) is 11.3 Å². The van der Waals surface area contributed by atoms with Crippen molar-refractivity contribution >= 4 is 21.7 Å². The van der Waals surface area contributed by atoms with E-state index >= 15 is 0 Å². The number of phenolic OH excluding ortho intramolecular Hbond substituents is 1. The maximum Gasteiger partial charge on any atom is 0.335 e. The number of carboxylic acid groups (broad SMARTS) is 1. The summed E-state index contributed by atoms with van der Waals surface area (Å²) in [5.41, 5.74) is -0.160. The molecule has 0 fully saturated rings. The molecule has 0 aliphatic rings. The van der Waals surface area contributed by atoms with E-state index in [9.17, 15) is 18.3 Å². The number of aryl methyl sites for hydroxylation is 1. The van der Waals surface area contributed by atoms with Crippen LogP contribution in [0.4, 0.5) is 5.69 Å². The third-order valence-electron chi connectivity index (χ3n) is 2.52. The van der Waals surface area contributed by atoms with Crippen molar-refractivity contribution in [3.05, 3.63) is 41.3 Å². The Kier molecular flexibility index (Phi) is 3.85. The predicted molar refractivity (Wildman–Crippen MR) is 72.6 cm³/mol. The molecule has 1 heterocycles. The van der Waals surface area contributed by atoms with E-state index in [2.05, 4.69) is 9.88 Å². The molecular weight excluding hydrogens is 300 g/mol. The first-order valence-electron chi connectivity index (χ1n) is 5.76. The summed E-state index contributed by atoms with van der Waals surface area (Å²) in [4.78, 5) is 10.8. The third-order valence-corrected chi connectivity index (χ3v) is 3.73. The second kappa shape index (κ2) is 5.44. The maximum absolute atomic E-state index is 12.0. The number of aromatic nitrogens is 1. The molecule has 8 nitrogen and oxygen atoms in total. The van der Waals surface area contributed by atoms with Gasteiger partial charge in [-0.2, -0.15) is 0 Å². The monoisotopic (exact) mass is 312 g/mol. The van der Waals surface area contributed by atoms with Gasteiger partial charge < -0.3 is 14.7 Å². The minimum atomic E-state index is -3.86. The molecule has 9 heteroatoms. The molecule has 21 heavy (non-hydrogen) atoms. The molecule has 112 valence electrons. The highest BCUT2D eigenvalue weighted by molar-refractivity contribution is 7.91. The second-order valence-electron chi connectivity index (χ2n) is 4.33. The number of hydrogen-bond donors (Lipinski definition) is 3. The first-order chi connectivity index (χ1) is 9.77. The molecule has 2 aromatic rings. The third kappa shape index (κ3) is 3.72. The van der Waals surface area contributed by atoms with Crippen molar-refractivity contribution in [1.29, 1.82) is 0 Å². The number of nitrogens with one attached hydrogen (secondary N) is 1. The number of hydrogen-bond acceptors (Lipinski definition) is 6. The lowest BCUT2D eigenvalue weighted by Gasteiger charge is -2.09. The van der Waals surface area contributed by atoms with Crippen molar-refractivity contribution in [3.63, 3.8) is 0 Å². The van der Waals surface area contributed by atoms with Crippen molar-refractivity contribution in [1.82, 2.24) is 5.16 Å². The van der Waals surface area contributed by atoms with Crippen LogP contribution in [-0.2, 0) is 15.8 Å². The van der Waals surface area contributed by atoms with Crippen molar-refractivity contribution in [2.45, 2.75) is 12.7 Å². The van der Waals surface area contributed by atoms with Gasteiger partial charge in [0, 0.05) is 6.07 Å². The fourth-order valence-electron chi connectivity index (χ4n) is 1.64. The first kappa shape index (κ1) is 14.9. The summed E-state index contributed by atoms with van der Waals surface area (Å²) in [6, 6.07) is 4.76. The lowest BCUT2D eigenvalue weighted by atomic mass is 10.2. The summed E-state index contributed by atoms with van der Waals surface area (Å²) in [6.07, 6.45) is 0. The van der Waals surface area contributed by atoms with Crippen LogP contribution in [0.15, 0.2) is 28.8 Å². The summed E-state index contributed by atoms with van der Waals surface area (Å²) in [6.45, 7) is 1.62. The molecule has 0 spiro atoms. The number of aromatic hydroxyl groups is 1. The Bertz CT molecular complexity index is 781. The highest BCUT2D eigenvalue weighted by atomic mass is 32.2. The molecule has 3 N–H and O–H groups in total. The van der Waals surface area contributed by atoms with Crippen LogP contribution in [-0.4, -0.2) is 29.8 Å². The van der Waals surface area contributed by atoms with Gasteiger partial charge in [-0.05, 0) is 25.1 Å². The van der Waals surface area contributed by atoms with Crippen LogP contribution in [0.2, 0.25) is 0 Å². The minimum Gasteiger partial charge on any atom is -0.506 e. The Morgan fingerprint density at radius 3 is 2.67 bits per heavy atom. The molecule has 0 radical (unpaired) electrons. The average molecular weight is 312 g/mol. The van der Waals surface area contributed by atoms with Crippen LogP contribution in [0.1, 0.15) is 21.8 Å². The van der Waals surface area contributed by atoms with E-state index in [4.69, 9.17) is 9.63 Å². The van der Waals surface area contributed by atoms with Gasteiger partial charge >= 0.3 is 5.97 Å². The van der Waals surface area contributed by atoms with Crippen molar-refractivity contribution < 1.29 is 27.9 Å². The molecule has 1 aromatic heterocycles. The van der Waals surface area contributed by atoms with Gasteiger partial charge in [-0.1, -0.05) is 5.16 Å². The standard InChI is InChI=1S/C12H12N2O6S/c1-7-4-9(13-20-7)6-21(18,19)14-10-5-8(12(16)17)2-3-11(10)15/h2-5,14-15H,6H2,1H3,(H,16,17). The molecule has 2 rings (SSSR count). The molecule has 0 aliphatic carbocycles. The number of aromatic carboxylic acids is 1. The van der Waals surface area contributed by atoms with Gasteiger partial charge in [-0.3, -0.25) is 4.72 Å². The lowest BCUT2D eigenvalue weighted by Crippen LogP contribution is -2.15.